The summed E-state index contributed by atoms with van der Waals surface area (Å²) in [6, 6.07) is -0.545. The largest absolute Gasteiger partial charge is 0.466 e. The summed E-state index contributed by atoms with van der Waals surface area (Å²) >= 11 is 0. The van der Waals surface area contributed by atoms with Crippen molar-refractivity contribution in [1.82, 2.24) is 5.32 Å². The van der Waals surface area contributed by atoms with Gasteiger partial charge in [-0.2, -0.15) is 0 Å². The van der Waals surface area contributed by atoms with Crippen molar-refractivity contribution in [3.8, 4) is 0 Å². The average molecular weight is 202 g/mol. The van der Waals surface area contributed by atoms with Crippen LogP contribution in [0.5, 0.6) is 0 Å². The number of carbonyl (C=O) groups is 2. The van der Waals surface area contributed by atoms with Crippen molar-refractivity contribution in [2.24, 2.45) is 5.73 Å². The van der Waals surface area contributed by atoms with E-state index in [4.69, 9.17) is 10.5 Å². The quantitative estimate of drug-likeness (QED) is 0.584. The van der Waals surface area contributed by atoms with Crippen LogP contribution in [0.3, 0.4) is 0 Å². The maximum Gasteiger partial charge on any atom is 0.307 e. The Bertz CT molecular complexity index is 204. The van der Waals surface area contributed by atoms with Crippen LogP contribution >= 0.6 is 0 Å². The van der Waals surface area contributed by atoms with Gasteiger partial charge in [0.25, 0.3) is 0 Å². The Morgan fingerprint density at radius 3 is 2.36 bits per heavy atom. The summed E-state index contributed by atoms with van der Waals surface area (Å²) in [5, 5.41) is 2.89. The second-order valence-electron chi connectivity index (χ2n) is 3.29. The van der Waals surface area contributed by atoms with E-state index in [1.54, 1.807) is 6.92 Å². The first-order chi connectivity index (χ1) is 6.47. The molecule has 0 fully saturated rings. The first kappa shape index (κ1) is 12.9. The molecule has 3 N–H and O–H groups in total. The smallest absolute Gasteiger partial charge is 0.307 e. The van der Waals surface area contributed by atoms with Crippen molar-refractivity contribution in [1.29, 1.82) is 0 Å². The van der Waals surface area contributed by atoms with Gasteiger partial charge in [0.1, 0.15) is 0 Å². The third-order valence-electron chi connectivity index (χ3n) is 1.55. The lowest BCUT2D eigenvalue weighted by molar-refractivity contribution is -0.145. The lowest BCUT2D eigenvalue weighted by Gasteiger charge is -2.16. The number of nitrogens with two attached hydrogens (primary N) is 1. The van der Waals surface area contributed by atoms with Crippen LogP contribution < -0.4 is 11.1 Å². The average Bonchev–Trinajstić information content (AvgIpc) is 2.02. The number of hydrogen-bond donors (Lipinski definition) is 2. The Hall–Kier alpha value is -1.10. The van der Waals surface area contributed by atoms with Gasteiger partial charge in [-0.05, 0) is 6.92 Å². The van der Waals surface area contributed by atoms with Crippen molar-refractivity contribution in [3.05, 3.63) is 0 Å². The number of esters is 1. The molecule has 0 saturated heterocycles. The van der Waals surface area contributed by atoms with E-state index in [1.165, 1.54) is 0 Å². The zero-order valence-corrected chi connectivity index (χ0v) is 8.87. The molecule has 1 atom stereocenters. The van der Waals surface area contributed by atoms with E-state index in [2.05, 4.69) is 5.32 Å². The molecular formula is C9H18N2O3. The Kier molecular flexibility index (Phi) is 5.87. The lowest BCUT2D eigenvalue weighted by Crippen LogP contribution is -2.45. The van der Waals surface area contributed by atoms with E-state index < -0.39 is 17.9 Å². The van der Waals surface area contributed by atoms with Crippen LogP contribution in [0.4, 0.5) is 0 Å². The highest BCUT2D eigenvalue weighted by Gasteiger charge is 2.20. The summed E-state index contributed by atoms with van der Waals surface area (Å²) in [4.78, 5) is 22.0. The van der Waals surface area contributed by atoms with E-state index in [0.29, 0.717) is 6.61 Å². The van der Waals surface area contributed by atoms with Gasteiger partial charge in [-0.3, -0.25) is 9.59 Å². The van der Waals surface area contributed by atoms with Gasteiger partial charge < -0.3 is 15.8 Å². The molecule has 1 unspecified atom stereocenters. The molecule has 1 amide bonds. The Labute approximate surface area is 84.0 Å². The number of carbonyl (C=O) groups excluding carboxylic acids is 2. The van der Waals surface area contributed by atoms with Crippen molar-refractivity contribution in [2.45, 2.75) is 39.3 Å². The van der Waals surface area contributed by atoms with Crippen molar-refractivity contribution in [3.63, 3.8) is 0 Å². The summed E-state index contributed by atoms with van der Waals surface area (Å²) < 4.78 is 4.72. The maximum absolute atomic E-state index is 11.1. The summed E-state index contributed by atoms with van der Waals surface area (Å²) in [5.41, 5.74) is 5.12. The van der Waals surface area contributed by atoms with Crippen LogP contribution in [0.2, 0.25) is 0 Å². The molecule has 0 aromatic rings. The fourth-order valence-corrected chi connectivity index (χ4v) is 1.03. The third kappa shape index (κ3) is 5.53. The maximum atomic E-state index is 11.1. The number of hydrogen-bond acceptors (Lipinski definition) is 4. The topological polar surface area (TPSA) is 81.4 Å². The third-order valence-corrected chi connectivity index (χ3v) is 1.55. The minimum absolute atomic E-state index is 0.0125. The first-order valence-corrected chi connectivity index (χ1v) is 4.68. The molecule has 5 heteroatoms. The van der Waals surface area contributed by atoms with Gasteiger partial charge in [0.05, 0.1) is 19.1 Å². The molecule has 0 aliphatic heterocycles. The Morgan fingerprint density at radius 2 is 2.00 bits per heavy atom. The highest BCUT2D eigenvalue weighted by atomic mass is 16.5. The summed E-state index contributed by atoms with van der Waals surface area (Å²) in [6.45, 7) is 5.78. The second-order valence-corrected chi connectivity index (χ2v) is 3.29. The van der Waals surface area contributed by atoms with Gasteiger partial charge in [0.2, 0.25) is 5.91 Å². The molecule has 0 bridgehead atoms. The van der Waals surface area contributed by atoms with Gasteiger partial charge in [0.15, 0.2) is 0 Å². The molecule has 0 heterocycles. The van der Waals surface area contributed by atoms with Gasteiger partial charge >= 0.3 is 5.97 Å². The predicted molar refractivity (Wildman–Crippen MR) is 52.5 cm³/mol. The highest BCUT2D eigenvalue weighted by molar-refractivity contribution is 5.85. The second kappa shape index (κ2) is 6.37. The number of primary amides is 1. The standard InChI is InChI=1S/C9H18N2O3/c1-4-14-8(12)5-7(9(10)13)11-6(2)3/h6-7,11H,4-5H2,1-3H3,(H2,10,13). The first-order valence-electron chi connectivity index (χ1n) is 4.68. The van der Waals surface area contributed by atoms with Gasteiger partial charge in [-0.1, -0.05) is 13.8 Å². The minimum Gasteiger partial charge on any atom is -0.466 e. The summed E-state index contributed by atoms with van der Waals surface area (Å²) in [5.74, 6) is -0.948. The van der Waals surface area contributed by atoms with Crippen LogP contribution in [0.15, 0.2) is 0 Å². The fourth-order valence-electron chi connectivity index (χ4n) is 1.03. The van der Waals surface area contributed by atoms with Crippen molar-refractivity contribution < 1.29 is 14.3 Å². The number of rotatable bonds is 6. The Balaban J connectivity index is 4.09. The molecule has 82 valence electrons. The molecule has 0 aliphatic rings. The molecule has 0 rings (SSSR count). The van der Waals surface area contributed by atoms with Gasteiger partial charge in [-0.15, -0.1) is 0 Å². The SMILES string of the molecule is CCOC(=O)CC(NC(C)C)C(N)=O. The number of ether oxygens (including phenoxy) is 1. The van der Waals surface area contributed by atoms with Crippen LogP contribution in [0.1, 0.15) is 27.2 Å². The van der Waals surface area contributed by atoms with E-state index in [0.717, 1.165) is 0 Å². The zero-order chi connectivity index (χ0) is 11.1. The molecule has 14 heavy (non-hydrogen) atoms. The van der Waals surface area contributed by atoms with Crippen LogP contribution in [0, 0.1) is 0 Å². The monoisotopic (exact) mass is 202 g/mol. The Morgan fingerprint density at radius 1 is 1.43 bits per heavy atom. The van der Waals surface area contributed by atoms with Gasteiger partial charge in [0, 0.05) is 6.04 Å². The van der Waals surface area contributed by atoms with Gasteiger partial charge in [-0.25, -0.2) is 0 Å². The molecule has 0 radical (unpaired) electrons. The van der Waals surface area contributed by atoms with Crippen molar-refractivity contribution >= 4 is 11.9 Å². The zero-order valence-electron chi connectivity index (χ0n) is 8.87. The van der Waals surface area contributed by atoms with Crippen LogP contribution in [-0.4, -0.2) is 30.6 Å². The number of amides is 1. The molecule has 5 nitrogen and oxygen atoms in total. The molecular weight excluding hydrogens is 184 g/mol. The van der Waals surface area contributed by atoms with E-state index in [-0.39, 0.29) is 12.5 Å². The van der Waals surface area contributed by atoms with Crippen molar-refractivity contribution in [2.75, 3.05) is 6.61 Å². The van der Waals surface area contributed by atoms with Crippen LogP contribution in [-0.2, 0) is 14.3 Å². The highest BCUT2D eigenvalue weighted by Crippen LogP contribution is 1.96. The predicted octanol–water partition coefficient (Wildman–Crippen LogP) is -0.208. The van der Waals surface area contributed by atoms with E-state index >= 15 is 0 Å². The van der Waals surface area contributed by atoms with Crippen LogP contribution in [0.25, 0.3) is 0 Å². The molecule has 0 saturated carbocycles. The molecule has 0 aromatic carbocycles. The number of nitrogens with one attached hydrogen (secondary N) is 1. The minimum atomic E-state index is -0.644. The van der Waals surface area contributed by atoms with E-state index in [1.807, 2.05) is 13.8 Å². The normalized spacial score (nSPS) is 12.6. The molecule has 0 aromatic heterocycles. The molecule has 0 aliphatic carbocycles. The lowest BCUT2D eigenvalue weighted by atomic mass is 10.2. The molecule has 0 spiro atoms. The summed E-state index contributed by atoms with van der Waals surface area (Å²) in [6.07, 6.45) is -0.0125. The fraction of sp³-hybridized carbons (Fsp3) is 0.778. The summed E-state index contributed by atoms with van der Waals surface area (Å²) in [7, 11) is 0. The van der Waals surface area contributed by atoms with E-state index in [9.17, 15) is 9.59 Å².